The molecule has 0 amide bonds. The number of aryl methyl sites for hydroxylation is 1. The van der Waals surface area contributed by atoms with E-state index in [4.69, 9.17) is 0 Å². The highest BCUT2D eigenvalue weighted by Crippen LogP contribution is 2.31. The van der Waals surface area contributed by atoms with Gasteiger partial charge in [0, 0.05) is 22.6 Å². The van der Waals surface area contributed by atoms with Gasteiger partial charge >= 0.3 is 0 Å². The van der Waals surface area contributed by atoms with Crippen LogP contribution in [0.1, 0.15) is 5.69 Å². The van der Waals surface area contributed by atoms with Crippen LogP contribution in [-0.4, -0.2) is 4.57 Å². The van der Waals surface area contributed by atoms with Crippen molar-refractivity contribution in [2.45, 2.75) is 6.92 Å². The second-order valence-electron chi connectivity index (χ2n) is 3.09. The molecule has 68 valence electrons. The monoisotopic (exact) mass is 241 g/mol. The van der Waals surface area contributed by atoms with E-state index in [1.165, 1.54) is 6.07 Å². The highest BCUT2D eigenvalue weighted by Gasteiger charge is 2.12. The average Bonchev–Trinajstić information content (AvgIpc) is 2.33. The standard InChI is InChI=1S/C10H9BrFN/c1-6-10(11)9-7(12)4-3-5-8(9)13(6)2/h3-5H,1-2H3. The first kappa shape index (κ1) is 8.75. The van der Waals surface area contributed by atoms with E-state index in [-0.39, 0.29) is 5.82 Å². The number of halogens is 2. The Labute approximate surface area is 84.3 Å². The Morgan fingerprint density at radius 1 is 1.38 bits per heavy atom. The largest absolute Gasteiger partial charge is 0.347 e. The Balaban J connectivity index is 3.03. The van der Waals surface area contributed by atoms with E-state index in [0.717, 1.165) is 15.7 Å². The normalized spacial score (nSPS) is 11.1. The number of hydrogen-bond acceptors (Lipinski definition) is 0. The number of fused-ring (bicyclic) bond motifs is 1. The molecular weight excluding hydrogens is 233 g/mol. The SMILES string of the molecule is Cc1c(Br)c2c(F)cccc2n1C. The molecule has 0 bridgehead atoms. The Morgan fingerprint density at radius 2 is 2.08 bits per heavy atom. The average molecular weight is 242 g/mol. The molecule has 1 aromatic heterocycles. The van der Waals surface area contributed by atoms with Crippen molar-refractivity contribution in [2.75, 3.05) is 0 Å². The molecule has 0 radical (unpaired) electrons. The maximum atomic E-state index is 13.4. The Morgan fingerprint density at radius 3 is 2.69 bits per heavy atom. The van der Waals surface area contributed by atoms with Crippen LogP contribution in [-0.2, 0) is 7.05 Å². The van der Waals surface area contributed by atoms with Crippen molar-refractivity contribution >= 4 is 26.8 Å². The molecule has 3 heteroatoms. The van der Waals surface area contributed by atoms with Crippen molar-refractivity contribution < 1.29 is 4.39 Å². The van der Waals surface area contributed by atoms with Crippen LogP contribution in [0.5, 0.6) is 0 Å². The van der Waals surface area contributed by atoms with Gasteiger partial charge in [0.2, 0.25) is 0 Å². The fourth-order valence-corrected chi connectivity index (χ4v) is 2.18. The summed E-state index contributed by atoms with van der Waals surface area (Å²) in [7, 11) is 1.93. The van der Waals surface area contributed by atoms with Crippen LogP contribution in [0, 0.1) is 12.7 Å². The molecule has 1 aromatic carbocycles. The van der Waals surface area contributed by atoms with E-state index in [9.17, 15) is 4.39 Å². The summed E-state index contributed by atoms with van der Waals surface area (Å²) in [5, 5.41) is 0.669. The predicted octanol–water partition coefficient (Wildman–Crippen LogP) is 3.39. The Hall–Kier alpha value is -0.830. The summed E-state index contributed by atoms with van der Waals surface area (Å²) in [4.78, 5) is 0. The van der Waals surface area contributed by atoms with Crippen LogP contribution < -0.4 is 0 Å². The van der Waals surface area contributed by atoms with Gasteiger partial charge in [0.1, 0.15) is 5.82 Å². The Bertz CT molecular complexity index is 473. The van der Waals surface area contributed by atoms with Gasteiger partial charge in [-0.1, -0.05) is 6.07 Å². The third kappa shape index (κ3) is 1.10. The summed E-state index contributed by atoms with van der Waals surface area (Å²) in [5.41, 5.74) is 1.96. The number of rotatable bonds is 0. The van der Waals surface area contributed by atoms with Crippen LogP contribution in [0.3, 0.4) is 0 Å². The zero-order chi connectivity index (χ0) is 9.59. The molecule has 1 heterocycles. The van der Waals surface area contributed by atoms with Gasteiger partial charge < -0.3 is 4.57 Å². The Kier molecular flexibility index (Phi) is 1.91. The molecular formula is C10H9BrFN. The van der Waals surface area contributed by atoms with Gasteiger partial charge in [-0.15, -0.1) is 0 Å². The summed E-state index contributed by atoms with van der Waals surface area (Å²) in [6.45, 7) is 1.96. The highest BCUT2D eigenvalue weighted by atomic mass is 79.9. The van der Waals surface area contributed by atoms with E-state index >= 15 is 0 Å². The summed E-state index contributed by atoms with van der Waals surface area (Å²) >= 11 is 3.39. The minimum Gasteiger partial charge on any atom is -0.347 e. The lowest BCUT2D eigenvalue weighted by atomic mass is 10.2. The molecule has 0 aliphatic rings. The van der Waals surface area contributed by atoms with Crippen LogP contribution >= 0.6 is 15.9 Å². The molecule has 2 aromatic rings. The summed E-state index contributed by atoms with van der Waals surface area (Å²) in [6.07, 6.45) is 0. The van der Waals surface area contributed by atoms with Crippen molar-refractivity contribution in [1.82, 2.24) is 4.57 Å². The van der Waals surface area contributed by atoms with Crippen molar-refractivity contribution in [2.24, 2.45) is 7.05 Å². The lowest BCUT2D eigenvalue weighted by molar-refractivity contribution is 0.639. The molecule has 2 rings (SSSR count). The number of hydrogen-bond donors (Lipinski definition) is 0. The minimum atomic E-state index is -0.173. The summed E-state index contributed by atoms with van der Waals surface area (Å²) in [5.74, 6) is -0.173. The van der Waals surface area contributed by atoms with Gasteiger partial charge in [-0.25, -0.2) is 4.39 Å². The van der Waals surface area contributed by atoms with Gasteiger partial charge in [0.05, 0.1) is 5.52 Å². The molecule has 0 unspecified atom stereocenters. The number of nitrogens with zero attached hydrogens (tertiary/aromatic N) is 1. The molecule has 0 aliphatic carbocycles. The van der Waals surface area contributed by atoms with Crippen molar-refractivity contribution in [1.29, 1.82) is 0 Å². The summed E-state index contributed by atoms with van der Waals surface area (Å²) < 4.78 is 16.2. The fraction of sp³-hybridized carbons (Fsp3) is 0.200. The first-order valence-electron chi connectivity index (χ1n) is 4.02. The van der Waals surface area contributed by atoms with E-state index in [1.807, 2.05) is 24.6 Å². The van der Waals surface area contributed by atoms with Crippen molar-refractivity contribution in [3.8, 4) is 0 Å². The van der Waals surface area contributed by atoms with Gasteiger partial charge in [-0.3, -0.25) is 0 Å². The smallest absolute Gasteiger partial charge is 0.133 e. The van der Waals surface area contributed by atoms with Gasteiger partial charge in [0.15, 0.2) is 0 Å². The molecule has 0 N–H and O–H groups in total. The van der Waals surface area contributed by atoms with E-state index in [2.05, 4.69) is 15.9 Å². The highest BCUT2D eigenvalue weighted by molar-refractivity contribution is 9.10. The lowest BCUT2D eigenvalue weighted by Gasteiger charge is -1.97. The minimum absolute atomic E-state index is 0.173. The van der Waals surface area contributed by atoms with Gasteiger partial charge in [0.25, 0.3) is 0 Å². The first-order valence-corrected chi connectivity index (χ1v) is 4.81. The second-order valence-corrected chi connectivity index (χ2v) is 3.89. The molecule has 0 saturated heterocycles. The lowest BCUT2D eigenvalue weighted by Crippen LogP contribution is -1.89. The second kappa shape index (κ2) is 2.84. The maximum Gasteiger partial charge on any atom is 0.133 e. The molecule has 0 atom stereocenters. The van der Waals surface area contributed by atoms with Crippen molar-refractivity contribution in [3.63, 3.8) is 0 Å². The van der Waals surface area contributed by atoms with Gasteiger partial charge in [-0.05, 0) is 35.0 Å². The maximum absolute atomic E-state index is 13.4. The molecule has 0 spiro atoms. The zero-order valence-corrected chi connectivity index (χ0v) is 9.02. The topological polar surface area (TPSA) is 4.93 Å². The van der Waals surface area contributed by atoms with E-state index in [0.29, 0.717) is 5.39 Å². The van der Waals surface area contributed by atoms with Gasteiger partial charge in [-0.2, -0.15) is 0 Å². The summed E-state index contributed by atoms with van der Waals surface area (Å²) in [6, 6.07) is 5.12. The van der Waals surface area contributed by atoms with Crippen LogP contribution in [0.25, 0.3) is 10.9 Å². The molecule has 0 saturated carbocycles. The van der Waals surface area contributed by atoms with Crippen LogP contribution in [0.4, 0.5) is 4.39 Å². The predicted molar refractivity (Wildman–Crippen MR) is 55.3 cm³/mol. The zero-order valence-electron chi connectivity index (χ0n) is 7.44. The van der Waals surface area contributed by atoms with Crippen LogP contribution in [0.15, 0.2) is 22.7 Å². The van der Waals surface area contributed by atoms with Crippen LogP contribution in [0.2, 0.25) is 0 Å². The van der Waals surface area contributed by atoms with E-state index in [1.54, 1.807) is 6.07 Å². The quantitative estimate of drug-likeness (QED) is 0.667. The third-order valence-electron chi connectivity index (χ3n) is 2.39. The molecule has 0 aliphatic heterocycles. The molecule has 1 nitrogen and oxygen atoms in total. The fourth-order valence-electron chi connectivity index (χ4n) is 1.52. The third-order valence-corrected chi connectivity index (χ3v) is 3.36. The number of aromatic nitrogens is 1. The number of benzene rings is 1. The van der Waals surface area contributed by atoms with Crippen molar-refractivity contribution in [3.05, 3.63) is 34.2 Å². The molecule has 0 fully saturated rings. The molecule has 13 heavy (non-hydrogen) atoms. The van der Waals surface area contributed by atoms with E-state index < -0.39 is 0 Å². The first-order chi connectivity index (χ1) is 6.13.